The van der Waals surface area contributed by atoms with Gasteiger partial charge < -0.3 is 5.11 Å². The van der Waals surface area contributed by atoms with E-state index in [1.165, 1.54) is 44.1 Å². The number of unbranched alkanes of at least 4 members (excludes halogenated alkanes) is 3. The number of fused-ring (bicyclic) bond motifs is 1. The maximum atomic E-state index is 9.64. The standard InChI is InChI=1S/C22H28INO/c1-17-14-18(16-20(25)15-17)8-4-2-3-7-13-24-22-12-11-19-9-5-6-10-21(19)23-22/h5-6,9-10,14-16,24-25H,2-4,7-8,11-13H2,1H3. The van der Waals surface area contributed by atoms with Crippen molar-refractivity contribution in [3.8, 4) is 5.75 Å². The van der Waals surface area contributed by atoms with E-state index in [4.69, 9.17) is 0 Å². The Morgan fingerprint density at radius 2 is 1.84 bits per heavy atom. The number of nitrogens with one attached hydrogen (secondary N) is 1. The van der Waals surface area contributed by atoms with Gasteiger partial charge in [0, 0.05) is 13.7 Å². The van der Waals surface area contributed by atoms with Crippen molar-refractivity contribution in [3.05, 3.63) is 62.7 Å². The lowest BCUT2D eigenvalue weighted by Gasteiger charge is -2.16. The van der Waals surface area contributed by atoms with Crippen LogP contribution in [0.5, 0.6) is 5.75 Å². The maximum Gasteiger partial charge on any atom is 0.116 e. The molecular weight excluding hydrogens is 421 g/mol. The molecule has 1 aliphatic rings. The quantitative estimate of drug-likeness (QED) is 0.423. The van der Waals surface area contributed by atoms with Crippen LogP contribution in [0.1, 0.15) is 48.8 Å². The van der Waals surface area contributed by atoms with Gasteiger partial charge in [-0.05, 0) is 73.9 Å². The second-order valence-corrected chi connectivity index (χ2v) is 9.86. The molecule has 0 aromatic heterocycles. The number of hydrogen-bond acceptors (Lipinski definition) is 2. The Kier molecular flexibility index (Phi) is 7.05. The van der Waals surface area contributed by atoms with Crippen LogP contribution in [-0.4, -0.2) is 15.3 Å². The highest BCUT2D eigenvalue weighted by Crippen LogP contribution is 2.25. The first kappa shape index (κ1) is 18.6. The number of phenolic OH excluding ortho intramolecular Hbond substituents is 1. The van der Waals surface area contributed by atoms with Gasteiger partial charge >= 0.3 is 0 Å². The normalized spacial score (nSPS) is 13.7. The summed E-state index contributed by atoms with van der Waals surface area (Å²) in [5.41, 5.74) is 3.98. The minimum Gasteiger partial charge on any atom is -0.508 e. The van der Waals surface area contributed by atoms with Gasteiger partial charge in [-0.2, -0.15) is 0 Å². The van der Waals surface area contributed by atoms with E-state index in [2.05, 4.69) is 35.6 Å². The fourth-order valence-corrected chi connectivity index (χ4v) is 6.23. The first-order valence-corrected chi connectivity index (χ1v) is 11.5. The van der Waals surface area contributed by atoms with Crippen molar-refractivity contribution >= 4 is 24.4 Å². The van der Waals surface area contributed by atoms with Crippen LogP contribution in [-0.2, 0) is 12.8 Å². The zero-order valence-electron chi connectivity index (χ0n) is 15.0. The zero-order valence-corrected chi connectivity index (χ0v) is 17.2. The number of rotatable bonds is 8. The van der Waals surface area contributed by atoms with Gasteiger partial charge in [0.25, 0.3) is 0 Å². The van der Waals surface area contributed by atoms with E-state index in [1.54, 1.807) is 12.8 Å². The Bertz CT molecular complexity index is 718. The van der Waals surface area contributed by atoms with E-state index in [0.29, 0.717) is 5.75 Å². The van der Waals surface area contributed by atoms with E-state index in [0.717, 1.165) is 18.5 Å². The number of phenols is 1. The lowest BCUT2D eigenvalue weighted by atomic mass is 10.0. The van der Waals surface area contributed by atoms with E-state index in [9.17, 15) is 5.11 Å². The lowest BCUT2D eigenvalue weighted by Crippen LogP contribution is -2.25. The summed E-state index contributed by atoms with van der Waals surface area (Å²) < 4.78 is 3.23. The first-order valence-electron chi connectivity index (χ1n) is 9.33. The lowest BCUT2D eigenvalue weighted by molar-refractivity contribution is 0.474. The summed E-state index contributed by atoms with van der Waals surface area (Å²) in [4.78, 5) is 0. The van der Waals surface area contributed by atoms with Crippen molar-refractivity contribution in [3.63, 3.8) is 0 Å². The maximum absolute atomic E-state index is 9.64. The SMILES string of the molecule is Cc1cc(O)cc(CCCCCCNC2=Ic3ccccc3CC2)c1. The molecule has 0 aliphatic carbocycles. The van der Waals surface area contributed by atoms with Crippen molar-refractivity contribution < 1.29 is 5.11 Å². The van der Waals surface area contributed by atoms with E-state index in [1.807, 2.05) is 19.1 Å². The molecule has 25 heavy (non-hydrogen) atoms. The number of benzene rings is 2. The summed E-state index contributed by atoms with van der Waals surface area (Å²) in [6.07, 6.45) is 8.54. The van der Waals surface area contributed by atoms with Gasteiger partial charge in [0.2, 0.25) is 0 Å². The third kappa shape index (κ3) is 5.93. The van der Waals surface area contributed by atoms with Crippen molar-refractivity contribution in [2.24, 2.45) is 0 Å². The average molecular weight is 449 g/mol. The first-order chi connectivity index (χ1) is 12.2. The van der Waals surface area contributed by atoms with Crippen molar-refractivity contribution in [1.82, 2.24) is 5.32 Å². The largest absolute Gasteiger partial charge is 0.508 e. The summed E-state index contributed by atoms with van der Waals surface area (Å²) in [6.45, 7) is 3.17. The van der Waals surface area contributed by atoms with Crippen LogP contribution in [0.4, 0.5) is 0 Å². The van der Waals surface area contributed by atoms with Gasteiger partial charge in [0.1, 0.15) is 5.75 Å². The summed E-state index contributed by atoms with van der Waals surface area (Å²) in [6, 6.07) is 14.8. The zero-order chi connectivity index (χ0) is 17.5. The molecule has 1 heterocycles. The fraction of sp³-hybridized carbons (Fsp3) is 0.409. The van der Waals surface area contributed by atoms with Crippen LogP contribution in [0.3, 0.4) is 0 Å². The molecule has 0 bridgehead atoms. The molecule has 0 amide bonds. The van der Waals surface area contributed by atoms with E-state index >= 15 is 0 Å². The molecule has 134 valence electrons. The molecule has 3 heteroatoms. The Labute approximate surface area is 161 Å². The molecule has 0 radical (unpaired) electrons. The predicted molar refractivity (Wildman–Crippen MR) is 116 cm³/mol. The third-order valence-electron chi connectivity index (χ3n) is 4.62. The van der Waals surface area contributed by atoms with Crippen molar-refractivity contribution in [1.29, 1.82) is 0 Å². The van der Waals surface area contributed by atoms with Crippen LogP contribution < -0.4 is 5.32 Å². The topological polar surface area (TPSA) is 32.3 Å². The van der Waals surface area contributed by atoms with Gasteiger partial charge in [0.05, 0.1) is 0 Å². The highest BCUT2D eigenvalue weighted by Gasteiger charge is 2.09. The van der Waals surface area contributed by atoms with Crippen LogP contribution in [0.25, 0.3) is 0 Å². The molecule has 0 spiro atoms. The summed E-state index contributed by atoms with van der Waals surface area (Å²) >= 11 is 0.0443. The van der Waals surface area contributed by atoms with Gasteiger partial charge in [0.15, 0.2) is 0 Å². The molecule has 0 unspecified atom stereocenters. The Hall–Kier alpha value is -1.20. The monoisotopic (exact) mass is 449 g/mol. The molecule has 2 aromatic carbocycles. The third-order valence-corrected chi connectivity index (χ3v) is 7.82. The van der Waals surface area contributed by atoms with Crippen LogP contribution in [0.2, 0.25) is 0 Å². The molecular formula is C22H28INO. The Balaban J connectivity index is 1.31. The van der Waals surface area contributed by atoms with Gasteiger partial charge in [-0.3, -0.25) is 5.32 Å². The minimum absolute atomic E-state index is 0.0443. The van der Waals surface area contributed by atoms with E-state index < -0.39 is 0 Å². The van der Waals surface area contributed by atoms with Crippen LogP contribution >= 0.6 is 20.7 Å². The van der Waals surface area contributed by atoms with Crippen molar-refractivity contribution in [2.75, 3.05) is 6.54 Å². The molecule has 1 aliphatic heterocycles. The molecule has 0 saturated heterocycles. The van der Waals surface area contributed by atoms with Gasteiger partial charge in [-0.15, -0.1) is 0 Å². The number of aryl methyl sites for hydroxylation is 3. The molecule has 0 fully saturated rings. The number of aromatic hydroxyl groups is 1. The van der Waals surface area contributed by atoms with Gasteiger partial charge in [-0.25, -0.2) is 0 Å². The highest BCUT2D eigenvalue weighted by atomic mass is 127. The highest BCUT2D eigenvalue weighted by molar-refractivity contribution is 14.2. The molecule has 0 saturated carbocycles. The molecule has 2 nitrogen and oxygen atoms in total. The van der Waals surface area contributed by atoms with E-state index in [-0.39, 0.29) is 20.7 Å². The van der Waals surface area contributed by atoms with Crippen LogP contribution in [0.15, 0.2) is 42.5 Å². The molecule has 3 rings (SSSR count). The minimum atomic E-state index is 0.0443. The average Bonchev–Trinajstić information content (AvgIpc) is 2.60. The Morgan fingerprint density at radius 3 is 2.72 bits per heavy atom. The molecule has 2 N–H and O–H groups in total. The summed E-state index contributed by atoms with van der Waals surface area (Å²) in [7, 11) is 0. The van der Waals surface area contributed by atoms with Crippen molar-refractivity contribution in [2.45, 2.75) is 51.9 Å². The molecule has 0 atom stereocenters. The Morgan fingerprint density at radius 1 is 1.00 bits per heavy atom. The second kappa shape index (κ2) is 9.48. The smallest absolute Gasteiger partial charge is 0.116 e. The van der Waals surface area contributed by atoms with Gasteiger partial charge in [-0.1, -0.05) is 57.8 Å². The number of hydrogen-bond donors (Lipinski definition) is 2. The van der Waals surface area contributed by atoms with Crippen LogP contribution in [0, 0.1) is 10.5 Å². The number of halogens is 1. The summed E-state index contributed by atoms with van der Waals surface area (Å²) in [5, 5.41) is 13.4. The fourth-order valence-electron chi connectivity index (χ4n) is 3.35. The summed E-state index contributed by atoms with van der Waals surface area (Å²) in [5.74, 6) is 0.397. The second-order valence-electron chi connectivity index (χ2n) is 6.86. The molecule has 2 aromatic rings. The predicted octanol–water partition coefficient (Wildman–Crippen LogP) is 5.31.